The van der Waals surface area contributed by atoms with Crippen LogP contribution in [-0.4, -0.2) is 47.9 Å². The minimum Gasteiger partial charge on any atom is -0.349 e. The number of allylic oxidation sites excluding steroid dienone is 1. The van der Waals surface area contributed by atoms with Crippen LogP contribution in [0.4, 0.5) is 0 Å². The summed E-state index contributed by atoms with van der Waals surface area (Å²) in [6.07, 6.45) is 13.5. The molecule has 4 aliphatic rings. The smallest absolute Gasteiger partial charge is 0.349 e. The highest BCUT2D eigenvalue weighted by Gasteiger charge is 2.56. The second kappa shape index (κ2) is 17.3. The minimum absolute atomic E-state index is 0.0515. The molecule has 3 saturated carbocycles. The molecule has 1 aromatic heterocycles. The van der Waals surface area contributed by atoms with E-state index < -0.39 is 15.1 Å². The minimum atomic E-state index is -3.95. The molecule has 53 heavy (non-hydrogen) atoms. The van der Waals surface area contributed by atoms with Crippen LogP contribution in [0.3, 0.4) is 0 Å². The fraction of sp³-hybridized carbons (Fsp3) is 0.767. The highest BCUT2D eigenvalue weighted by Crippen LogP contribution is 2.43. The lowest BCUT2D eigenvalue weighted by molar-refractivity contribution is -0.144. The number of fused-ring (bicyclic) bond motifs is 1. The van der Waals surface area contributed by atoms with Crippen molar-refractivity contribution in [2.75, 3.05) is 6.61 Å². The highest BCUT2D eigenvalue weighted by molar-refractivity contribution is 6.53. The van der Waals surface area contributed by atoms with Crippen molar-refractivity contribution < 1.29 is 17.7 Å². The molecular weight excluding hydrogens is 683 g/mol. The molecule has 3 fully saturated rings. The summed E-state index contributed by atoms with van der Waals surface area (Å²) in [5, 5.41) is 0. The third-order valence-electron chi connectivity index (χ3n) is 13.2. The van der Waals surface area contributed by atoms with Gasteiger partial charge in [-0.3, -0.25) is 0 Å². The molecule has 1 unspecified atom stereocenters. The summed E-state index contributed by atoms with van der Waals surface area (Å²) in [4.78, 5) is 27.8. The molecule has 10 heteroatoms. The van der Waals surface area contributed by atoms with Gasteiger partial charge in [0.1, 0.15) is 0 Å². The summed E-state index contributed by atoms with van der Waals surface area (Å²) in [7, 11) is -3.95. The van der Waals surface area contributed by atoms with Crippen molar-refractivity contribution in [2.24, 2.45) is 53.3 Å². The van der Waals surface area contributed by atoms with Crippen molar-refractivity contribution in [3.63, 3.8) is 0 Å². The van der Waals surface area contributed by atoms with E-state index in [2.05, 4.69) is 62.3 Å². The Morgan fingerprint density at radius 2 is 1.11 bits per heavy atom. The first kappa shape index (κ1) is 40.4. The fourth-order valence-corrected chi connectivity index (χ4v) is 12.7. The van der Waals surface area contributed by atoms with E-state index in [0.717, 1.165) is 38.5 Å². The van der Waals surface area contributed by atoms with Crippen molar-refractivity contribution in [3.8, 4) is 5.69 Å². The van der Waals surface area contributed by atoms with E-state index in [1.807, 2.05) is 30.4 Å². The molecule has 0 amide bonds. The Balaban J connectivity index is 1.43. The number of hydrogen-bond donors (Lipinski definition) is 0. The number of benzene rings is 1. The van der Waals surface area contributed by atoms with Gasteiger partial charge in [-0.05, 0) is 104 Å². The van der Waals surface area contributed by atoms with Gasteiger partial charge in [0.15, 0.2) is 0 Å². The highest BCUT2D eigenvalue weighted by atomic mass is 28.4. The quantitative estimate of drug-likeness (QED) is 0.150. The molecule has 0 saturated heterocycles. The Morgan fingerprint density at radius 3 is 1.55 bits per heavy atom. The number of rotatable bonds is 13. The number of para-hydroxylation sites is 1. The third kappa shape index (κ3) is 9.09. The van der Waals surface area contributed by atoms with E-state index in [4.69, 9.17) is 17.7 Å². The van der Waals surface area contributed by atoms with Crippen LogP contribution in [0.2, 0.25) is 0 Å². The van der Waals surface area contributed by atoms with E-state index in [1.54, 1.807) is 16.8 Å². The normalized spacial score (nSPS) is 32.5. The van der Waals surface area contributed by atoms with Crippen LogP contribution >= 0.6 is 0 Å². The van der Waals surface area contributed by atoms with Gasteiger partial charge in [-0.2, -0.15) is 0 Å². The topological polar surface area (TPSA) is 85.9 Å². The summed E-state index contributed by atoms with van der Waals surface area (Å²) < 4.78 is 34.3. The van der Waals surface area contributed by atoms with E-state index in [9.17, 15) is 9.59 Å². The molecule has 2 aromatic rings. The monoisotopic (exact) mass is 751 g/mol. The zero-order valence-corrected chi connectivity index (χ0v) is 35.1. The molecule has 2 heterocycles. The summed E-state index contributed by atoms with van der Waals surface area (Å²) >= 11 is 0. The number of nitrogens with zero attached hydrogens (tertiary/aromatic N) is 3. The fourth-order valence-electron chi connectivity index (χ4n) is 9.99. The molecule has 0 spiro atoms. The van der Waals surface area contributed by atoms with Crippen molar-refractivity contribution in [1.82, 2.24) is 13.9 Å². The van der Waals surface area contributed by atoms with E-state index in [1.165, 1.54) is 28.5 Å². The molecular formula is C43H69N3O6Si. The molecule has 0 radical (unpaired) electrons. The molecule has 10 atom stereocenters. The van der Waals surface area contributed by atoms with Gasteiger partial charge in [-0.25, -0.2) is 23.5 Å². The third-order valence-corrected chi connectivity index (χ3v) is 15.5. The molecule has 0 N–H and O–H groups in total. The maximum absolute atomic E-state index is 14.1. The predicted octanol–water partition coefficient (Wildman–Crippen LogP) is 8.80. The summed E-state index contributed by atoms with van der Waals surface area (Å²) in [6.45, 7) is 21.3. The zero-order valence-electron chi connectivity index (χ0n) is 34.1. The molecule has 9 nitrogen and oxygen atoms in total. The van der Waals surface area contributed by atoms with Crippen LogP contribution in [0.1, 0.15) is 126 Å². The lowest BCUT2D eigenvalue weighted by Gasteiger charge is -2.47. The molecule has 3 aliphatic carbocycles. The van der Waals surface area contributed by atoms with Gasteiger partial charge in [0.2, 0.25) is 0 Å². The molecule has 0 bridgehead atoms. The maximum Gasteiger partial charge on any atom is 0.680 e. The average Bonchev–Trinajstić information content (AvgIpc) is 3.36. The summed E-state index contributed by atoms with van der Waals surface area (Å²) in [5.41, 5.74) is -0.179. The molecule has 1 aliphatic heterocycles. The van der Waals surface area contributed by atoms with Crippen molar-refractivity contribution in [1.29, 1.82) is 0 Å². The molecule has 1 aromatic carbocycles. The average molecular weight is 752 g/mol. The Bertz CT molecular complexity index is 1550. The SMILES string of the molecule is CC(C)[C@@H]1CC[C@@H](C)C[C@H]1O[Si](OCC1C=CCn2c(=O)n(-c3ccccc3)c(=O)n21)(O[C@@H]1C[C@H](C)CC[C@H]1C(C)C)O[C@@H]1C[C@H](C)CC[C@H]1C(C)C. The first-order valence-corrected chi connectivity index (χ1v) is 22.7. The molecule has 296 valence electrons. The zero-order chi connectivity index (χ0) is 38.0. The standard InChI is InChI=1S/C43H69N3O6Si/c1-28(2)36-20-17-31(7)24-39(36)50-53(51-40-25-32(8)18-21-37(40)29(3)4,52-41-26-33(9)19-22-38(41)30(5)6)49-27-35-16-13-23-44-42(47)45(43(48)46(35)44)34-14-11-10-12-15-34/h10-16,28-33,35-41H,17-27H2,1-9H3/t31-,32-,33-,35?,36+,37+,38+,39-,40-,41-/m1/s1. The van der Waals surface area contributed by atoms with Crippen LogP contribution in [0.15, 0.2) is 52.1 Å². The van der Waals surface area contributed by atoms with Gasteiger partial charge in [-0.15, -0.1) is 0 Å². The van der Waals surface area contributed by atoms with E-state index in [0.29, 0.717) is 65.5 Å². The largest absolute Gasteiger partial charge is 0.680 e. The Hall–Kier alpha value is -2.24. The Kier molecular flexibility index (Phi) is 13.2. The van der Waals surface area contributed by atoms with Crippen molar-refractivity contribution in [2.45, 2.75) is 151 Å². The van der Waals surface area contributed by atoms with Gasteiger partial charge in [0.25, 0.3) is 0 Å². The second-order valence-electron chi connectivity index (χ2n) is 18.4. The van der Waals surface area contributed by atoms with Crippen molar-refractivity contribution >= 4 is 9.05 Å². The van der Waals surface area contributed by atoms with E-state index in [-0.39, 0.29) is 36.3 Å². The van der Waals surface area contributed by atoms with Crippen LogP contribution in [-0.2, 0) is 24.2 Å². The van der Waals surface area contributed by atoms with Gasteiger partial charge >= 0.3 is 20.4 Å². The first-order chi connectivity index (χ1) is 25.3. The Morgan fingerprint density at radius 1 is 0.660 bits per heavy atom. The van der Waals surface area contributed by atoms with Crippen LogP contribution in [0, 0.1) is 53.3 Å². The van der Waals surface area contributed by atoms with Crippen LogP contribution < -0.4 is 11.4 Å². The van der Waals surface area contributed by atoms with Crippen molar-refractivity contribution in [3.05, 3.63) is 63.5 Å². The molecule has 6 rings (SSSR count). The summed E-state index contributed by atoms with van der Waals surface area (Å²) in [6, 6.07) is 8.64. The van der Waals surface area contributed by atoms with Gasteiger partial charge in [0.05, 0.1) is 43.2 Å². The Labute approximate surface area is 319 Å². The van der Waals surface area contributed by atoms with Gasteiger partial charge in [0, 0.05) is 0 Å². The van der Waals surface area contributed by atoms with Gasteiger partial charge < -0.3 is 17.7 Å². The van der Waals surface area contributed by atoms with Crippen LogP contribution in [0.5, 0.6) is 0 Å². The predicted molar refractivity (Wildman–Crippen MR) is 213 cm³/mol. The summed E-state index contributed by atoms with van der Waals surface area (Å²) in [5.74, 6) is 4.04. The first-order valence-electron chi connectivity index (χ1n) is 21.1. The van der Waals surface area contributed by atoms with Crippen LogP contribution in [0.25, 0.3) is 5.69 Å². The second-order valence-corrected chi connectivity index (χ2v) is 20.4. The lowest BCUT2D eigenvalue weighted by Crippen LogP contribution is -2.60. The van der Waals surface area contributed by atoms with Gasteiger partial charge in [-0.1, -0.05) is 112 Å². The van der Waals surface area contributed by atoms with E-state index >= 15 is 0 Å². The number of hydrogen-bond acceptors (Lipinski definition) is 6. The maximum atomic E-state index is 14.1. The number of aromatic nitrogens is 3. The lowest BCUT2D eigenvalue weighted by atomic mass is 9.75.